The summed E-state index contributed by atoms with van der Waals surface area (Å²) in [5.41, 5.74) is 1.94. The van der Waals surface area contributed by atoms with Crippen molar-refractivity contribution in [1.29, 1.82) is 0 Å². The third-order valence-corrected chi connectivity index (χ3v) is 6.29. The van der Waals surface area contributed by atoms with E-state index in [-0.39, 0.29) is 30.5 Å². The van der Waals surface area contributed by atoms with Crippen molar-refractivity contribution in [3.05, 3.63) is 70.4 Å². The van der Waals surface area contributed by atoms with Gasteiger partial charge in [0.05, 0.1) is 22.2 Å². The summed E-state index contributed by atoms with van der Waals surface area (Å²) in [7, 11) is 0. The van der Waals surface area contributed by atoms with Gasteiger partial charge in [-0.25, -0.2) is 4.98 Å². The van der Waals surface area contributed by atoms with Crippen LogP contribution >= 0.6 is 0 Å². The topological polar surface area (TPSA) is 110 Å². The first-order valence-electron chi connectivity index (χ1n) is 11.1. The van der Waals surface area contributed by atoms with E-state index in [9.17, 15) is 24.1 Å². The second-order valence-corrected chi connectivity index (χ2v) is 8.56. The van der Waals surface area contributed by atoms with Crippen LogP contribution in [0, 0.1) is 21.8 Å². The summed E-state index contributed by atoms with van der Waals surface area (Å²) in [5.74, 6) is -1.18. The molecular formula is C24H22FN5O4. The number of carbonyl (C=O) groups excluding carboxylic acids is 2. The van der Waals surface area contributed by atoms with Crippen molar-refractivity contribution >= 4 is 28.9 Å². The van der Waals surface area contributed by atoms with Gasteiger partial charge >= 0.3 is 5.69 Å². The lowest BCUT2D eigenvalue weighted by Crippen LogP contribution is -2.28. The Kier molecular flexibility index (Phi) is 5.56. The first-order valence-corrected chi connectivity index (χ1v) is 11.1. The van der Waals surface area contributed by atoms with Gasteiger partial charge in [0.2, 0.25) is 17.6 Å². The van der Waals surface area contributed by atoms with Crippen LogP contribution in [0.5, 0.6) is 0 Å². The Morgan fingerprint density at radius 2 is 1.97 bits per heavy atom. The number of benzene rings is 2. The summed E-state index contributed by atoms with van der Waals surface area (Å²) in [6.07, 6.45) is 5.32. The number of halogens is 1. The maximum absolute atomic E-state index is 13.6. The van der Waals surface area contributed by atoms with Crippen molar-refractivity contribution in [3.63, 3.8) is 0 Å². The number of nitrogens with zero attached hydrogens (tertiary/aromatic N) is 4. The number of nitro groups is 1. The number of aromatic nitrogens is 2. The van der Waals surface area contributed by atoms with Gasteiger partial charge in [-0.15, -0.1) is 0 Å². The Hall–Kier alpha value is -4.08. The van der Waals surface area contributed by atoms with Gasteiger partial charge in [0.1, 0.15) is 5.82 Å². The van der Waals surface area contributed by atoms with Gasteiger partial charge in [0.25, 0.3) is 0 Å². The minimum Gasteiger partial charge on any atom is -0.334 e. The molecule has 1 N–H and O–H groups in total. The maximum Gasteiger partial charge on any atom is 0.306 e. The minimum atomic E-state index is -0.978. The highest BCUT2D eigenvalue weighted by atomic mass is 19.1. The fourth-order valence-corrected chi connectivity index (χ4v) is 4.46. The molecule has 1 saturated heterocycles. The lowest BCUT2D eigenvalue weighted by molar-refractivity contribution is -0.387. The quantitative estimate of drug-likeness (QED) is 0.455. The molecule has 1 fully saturated rings. The van der Waals surface area contributed by atoms with Crippen LogP contribution in [-0.2, 0) is 22.6 Å². The van der Waals surface area contributed by atoms with E-state index < -0.39 is 22.3 Å². The molecule has 10 heteroatoms. The van der Waals surface area contributed by atoms with E-state index in [1.54, 1.807) is 12.1 Å². The summed E-state index contributed by atoms with van der Waals surface area (Å²) < 4.78 is 15.8. The fraction of sp³-hybridized carbons (Fsp3) is 0.292. The van der Waals surface area contributed by atoms with E-state index in [0.29, 0.717) is 5.69 Å². The molecule has 5 rings (SSSR count). The van der Waals surface area contributed by atoms with Gasteiger partial charge in [0.15, 0.2) is 0 Å². The molecule has 0 aliphatic carbocycles. The third kappa shape index (κ3) is 4.14. The van der Waals surface area contributed by atoms with Crippen molar-refractivity contribution in [2.45, 2.75) is 32.2 Å². The molecule has 1 unspecified atom stereocenters. The Morgan fingerprint density at radius 1 is 1.18 bits per heavy atom. The number of hydrogen-bond acceptors (Lipinski definition) is 5. The lowest BCUT2D eigenvalue weighted by atomic mass is 10.1. The van der Waals surface area contributed by atoms with E-state index in [2.05, 4.69) is 16.1 Å². The lowest BCUT2D eigenvalue weighted by Gasteiger charge is -2.16. The molecule has 9 nitrogen and oxygen atoms in total. The van der Waals surface area contributed by atoms with Gasteiger partial charge < -0.3 is 14.8 Å². The predicted molar refractivity (Wildman–Crippen MR) is 123 cm³/mol. The number of anilines is 2. The van der Waals surface area contributed by atoms with Crippen LogP contribution in [-0.4, -0.2) is 32.8 Å². The number of rotatable bonds is 5. The predicted octanol–water partition coefficient (Wildman–Crippen LogP) is 3.93. The van der Waals surface area contributed by atoms with Gasteiger partial charge in [-0.05, 0) is 37.1 Å². The number of nitrogens with one attached hydrogen (secondary N) is 1. The van der Waals surface area contributed by atoms with Gasteiger partial charge in [-0.2, -0.15) is 4.39 Å². The van der Waals surface area contributed by atoms with Gasteiger partial charge in [-0.3, -0.25) is 19.7 Å². The SMILES string of the molecule is O=C(Nc1ccc(-c2cn3c(n2)CCCC3)cc1)C1CC(=O)N(c2ccc(F)c([N+](=O)[O-])c2)C1. The van der Waals surface area contributed by atoms with Crippen LogP contribution in [0.4, 0.5) is 21.5 Å². The van der Waals surface area contributed by atoms with Crippen molar-refractivity contribution in [1.82, 2.24) is 9.55 Å². The van der Waals surface area contributed by atoms with E-state index in [1.807, 2.05) is 12.1 Å². The number of fused-ring (bicyclic) bond motifs is 1. The largest absolute Gasteiger partial charge is 0.334 e. The van der Waals surface area contributed by atoms with Crippen molar-refractivity contribution < 1.29 is 18.9 Å². The summed E-state index contributed by atoms with van der Waals surface area (Å²) in [5, 5.41) is 13.8. The number of amides is 2. The third-order valence-electron chi connectivity index (χ3n) is 6.29. The average Bonchev–Trinajstić information content (AvgIpc) is 3.43. The second kappa shape index (κ2) is 8.69. The smallest absolute Gasteiger partial charge is 0.306 e. The van der Waals surface area contributed by atoms with E-state index >= 15 is 0 Å². The van der Waals surface area contributed by atoms with E-state index in [1.165, 1.54) is 11.0 Å². The molecule has 1 atom stereocenters. The van der Waals surface area contributed by atoms with Crippen LogP contribution in [0.15, 0.2) is 48.7 Å². The second-order valence-electron chi connectivity index (χ2n) is 8.56. The summed E-state index contributed by atoms with van der Waals surface area (Å²) in [6, 6.07) is 10.6. The average molecular weight is 463 g/mol. The number of nitro benzene ring substituents is 1. The number of carbonyl (C=O) groups is 2. The van der Waals surface area contributed by atoms with E-state index in [4.69, 9.17) is 4.98 Å². The monoisotopic (exact) mass is 463 g/mol. The minimum absolute atomic E-state index is 0.0324. The van der Waals surface area contributed by atoms with Crippen LogP contribution in [0.25, 0.3) is 11.3 Å². The van der Waals surface area contributed by atoms with Crippen molar-refractivity contribution in [2.75, 3.05) is 16.8 Å². The molecule has 3 aromatic rings. The number of aryl methyl sites for hydroxylation is 2. The number of imidazole rings is 1. The van der Waals surface area contributed by atoms with Gasteiger partial charge in [-0.1, -0.05) is 12.1 Å². The molecule has 0 spiro atoms. The molecule has 2 aromatic carbocycles. The summed E-state index contributed by atoms with van der Waals surface area (Å²) in [4.78, 5) is 41.4. The summed E-state index contributed by atoms with van der Waals surface area (Å²) in [6.45, 7) is 1.05. The molecule has 1 aromatic heterocycles. The molecule has 0 radical (unpaired) electrons. The Balaban J connectivity index is 1.25. The Morgan fingerprint density at radius 3 is 2.71 bits per heavy atom. The molecule has 2 amide bonds. The first kappa shape index (κ1) is 21.7. The molecule has 2 aliphatic rings. The zero-order valence-electron chi connectivity index (χ0n) is 18.2. The molecule has 34 heavy (non-hydrogen) atoms. The summed E-state index contributed by atoms with van der Waals surface area (Å²) >= 11 is 0. The molecule has 0 bridgehead atoms. The number of hydrogen-bond donors (Lipinski definition) is 1. The molecular weight excluding hydrogens is 441 g/mol. The highest BCUT2D eigenvalue weighted by Gasteiger charge is 2.36. The van der Waals surface area contributed by atoms with Crippen LogP contribution in [0.2, 0.25) is 0 Å². The highest BCUT2D eigenvalue weighted by Crippen LogP contribution is 2.30. The maximum atomic E-state index is 13.6. The zero-order chi connectivity index (χ0) is 23.8. The fourth-order valence-electron chi connectivity index (χ4n) is 4.46. The van der Waals surface area contributed by atoms with Crippen LogP contribution < -0.4 is 10.2 Å². The molecule has 174 valence electrons. The van der Waals surface area contributed by atoms with Gasteiger partial charge in [0, 0.05) is 49.4 Å². The first-order chi connectivity index (χ1) is 16.4. The van der Waals surface area contributed by atoms with E-state index in [0.717, 1.165) is 55.0 Å². The standard InChI is InChI=1S/C24H22FN5O4/c25-19-9-8-18(12-21(19)30(33)34)29-13-16(11-23(29)31)24(32)26-17-6-4-15(5-7-17)20-14-28-10-2-1-3-22(28)27-20/h4-9,12,14,16H,1-3,10-11,13H2,(H,26,32). The Bertz CT molecular complexity index is 1260. The zero-order valence-corrected chi connectivity index (χ0v) is 18.2. The molecule has 3 heterocycles. The van der Waals surface area contributed by atoms with Crippen molar-refractivity contribution in [3.8, 4) is 11.3 Å². The molecule has 0 saturated carbocycles. The van der Waals surface area contributed by atoms with Crippen LogP contribution in [0.3, 0.4) is 0 Å². The van der Waals surface area contributed by atoms with Crippen LogP contribution in [0.1, 0.15) is 25.1 Å². The van der Waals surface area contributed by atoms with Crippen molar-refractivity contribution in [2.24, 2.45) is 5.92 Å². The Labute approximate surface area is 194 Å². The molecule has 2 aliphatic heterocycles. The normalized spacial score (nSPS) is 17.5. The highest BCUT2D eigenvalue weighted by molar-refractivity contribution is 6.03.